The summed E-state index contributed by atoms with van der Waals surface area (Å²) in [5, 5.41) is 15.6. The van der Waals surface area contributed by atoms with Gasteiger partial charge in [-0.25, -0.2) is 0 Å². The third-order valence-corrected chi connectivity index (χ3v) is 6.11. The number of anilines is 1. The zero-order chi connectivity index (χ0) is 23.5. The van der Waals surface area contributed by atoms with E-state index < -0.39 is 0 Å². The van der Waals surface area contributed by atoms with Crippen molar-refractivity contribution in [3.8, 4) is 0 Å². The molecule has 0 saturated heterocycles. The molecule has 0 aliphatic carbocycles. The summed E-state index contributed by atoms with van der Waals surface area (Å²) >= 11 is 0. The number of allylic oxidation sites excluding steroid dienone is 1. The van der Waals surface area contributed by atoms with Crippen molar-refractivity contribution in [1.29, 1.82) is 0 Å². The number of nitrogens with one attached hydrogen (secondary N) is 1. The fourth-order valence-electron chi connectivity index (χ4n) is 4.18. The van der Waals surface area contributed by atoms with Crippen LogP contribution in [0.4, 0.5) is 5.95 Å². The molecule has 1 amide bonds. The zero-order valence-electron chi connectivity index (χ0n) is 19.2. The molecule has 0 bridgehead atoms. The van der Waals surface area contributed by atoms with E-state index in [1.54, 1.807) is 4.68 Å². The Morgan fingerprint density at radius 1 is 0.941 bits per heavy atom. The van der Waals surface area contributed by atoms with Crippen molar-refractivity contribution in [3.05, 3.63) is 113 Å². The molecule has 4 aromatic rings. The third kappa shape index (κ3) is 4.32. The number of tetrazole rings is 1. The average Bonchev–Trinajstić information content (AvgIpc) is 3.35. The Morgan fingerprint density at radius 3 is 2.44 bits per heavy atom. The summed E-state index contributed by atoms with van der Waals surface area (Å²) in [4.78, 5) is 14.9. The summed E-state index contributed by atoms with van der Waals surface area (Å²) in [5.74, 6) is 0.436. The van der Waals surface area contributed by atoms with Gasteiger partial charge in [-0.2, -0.15) is 4.68 Å². The molecular weight excluding hydrogens is 424 g/mol. The van der Waals surface area contributed by atoms with Crippen LogP contribution in [0.15, 0.2) is 84.9 Å². The maximum absolute atomic E-state index is 13.0. The van der Waals surface area contributed by atoms with E-state index in [9.17, 15) is 4.79 Å². The predicted molar refractivity (Wildman–Crippen MR) is 132 cm³/mol. The van der Waals surface area contributed by atoms with E-state index in [2.05, 4.69) is 58.1 Å². The standard InChI is InChI=1S/C27H26N6O/c1-19-12-14-22(15-13-19)25-16-24(21-9-4-3-5-10-21)32(27-29-30-31-33(25)27)18-26(34)28-17-23-11-7-6-8-20(23)2/h3-16,25H,17-18H2,1-2H3,(H,28,34). The second-order valence-corrected chi connectivity index (χ2v) is 8.49. The summed E-state index contributed by atoms with van der Waals surface area (Å²) in [5.41, 5.74) is 6.42. The molecular formula is C27H26N6O. The first-order valence-corrected chi connectivity index (χ1v) is 11.3. The lowest BCUT2D eigenvalue weighted by Gasteiger charge is -2.32. The Labute approximate surface area is 198 Å². The minimum Gasteiger partial charge on any atom is -0.350 e. The van der Waals surface area contributed by atoms with Crippen molar-refractivity contribution in [1.82, 2.24) is 25.5 Å². The zero-order valence-corrected chi connectivity index (χ0v) is 19.2. The first-order valence-electron chi connectivity index (χ1n) is 11.3. The molecule has 1 aliphatic rings. The SMILES string of the molecule is Cc1ccc(C2C=C(c3ccccc3)N(CC(=O)NCc3ccccc3C)c3nnnn32)cc1. The van der Waals surface area contributed by atoms with Crippen LogP contribution in [0.5, 0.6) is 0 Å². The molecule has 1 aromatic heterocycles. The van der Waals surface area contributed by atoms with Gasteiger partial charge >= 0.3 is 0 Å². The number of aromatic nitrogens is 4. The molecule has 0 spiro atoms. The van der Waals surface area contributed by atoms with Crippen LogP contribution < -0.4 is 10.2 Å². The smallest absolute Gasteiger partial charge is 0.251 e. The first-order chi connectivity index (χ1) is 16.6. The highest BCUT2D eigenvalue weighted by Gasteiger charge is 2.31. The monoisotopic (exact) mass is 450 g/mol. The van der Waals surface area contributed by atoms with Crippen molar-refractivity contribution in [3.63, 3.8) is 0 Å². The highest BCUT2D eigenvalue weighted by Crippen LogP contribution is 2.36. The Bertz CT molecular complexity index is 1330. The van der Waals surface area contributed by atoms with Gasteiger partial charge in [0.25, 0.3) is 5.95 Å². The molecule has 0 saturated carbocycles. The van der Waals surface area contributed by atoms with Crippen molar-refractivity contribution in [2.45, 2.75) is 26.4 Å². The van der Waals surface area contributed by atoms with Gasteiger partial charge in [0.05, 0.1) is 5.70 Å². The van der Waals surface area contributed by atoms with Gasteiger partial charge in [-0.15, -0.1) is 0 Å². The Hall–Kier alpha value is -4.26. The van der Waals surface area contributed by atoms with Crippen LogP contribution in [-0.2, 0) is 11.3 Å². The highest BCUT2D eigenvalue weighted by molar-refractivity contribution is 5.89. The van der Waals surface area contributed by atoms with Crippen LogP contribution in [0.3, 0.4) is 0 Å². The molecule has 1 atom stereocenters. The highest BCUT2D eigenvalue weighted by atomic mass is 16.2. The molecule has 1 N–H and O–H groups in total. The number of benzene rings is 3. The number of carbonyl (C=O) groups excluding carboxylic acids is 1. The van der Waals surface area contributed by atoms with E-state index in [0.717, 1.165) is 28.0 Å². The summed E-state index contributed by atoms with van der Waals surface area (Å²) < 4.78 is 1.77. The second kappa shape index (κ2) is 9.31. The van der Waals surface area contributed by atoms with Gasteiger partial charge in [0.2, 0.25) is 5.91 Å². The maximum Gasteiger partial charge on any atom is 0.251 e. The summed E-state index contributed by atoms with van der Waals surface area (Å²) in [6.45, 7) is 4.69. The van der Waals surface area contributed by atoms with Gasteiger partial charge in [0.1, 0.15) is 12.6 Å². The fourth-order valence-corrected chi connectivity index (χ4v) is 4.18. The molecule has 1 unspecified atom stereocenters. The normalized spacial score (nSPS) is 14.9. The number of nitrogens with zero attached hydrogens (tertiary/aromatic N) is 5. The van der Waals surface area contributed by atoms with Gasteiger partial charge in [0, 0.05) is 6.54 Å². The molecule has 3 aromatic carbocycles. The van der Waals surface area contributed by atoms with E-state index in [1.165, 1.54) is 5.56 Å². The molecule has 0 fully saturated rings. The first kappa shape index (κ1) is 21.6. The molecule has 170 valence electrons. The fraction of sp³-hybridized carbons (Fsp3) is 0.185. The van der Waals surface area contributed by atoms with Crippen molar-refractivity contribution in [2.24, 2.45) is 0 Å². The number of amides is 1. The van der Waals surface area contributed by atoms with E-state index >= 15 is 0 Å². The van der Waals surface area contributed by atoms with Crippen LogP contribution in [0.25, 0.3) is 5.70 Å². The van der Waals surface area contributed by atoms with Crippen molar-refractivity contribution >= 4 is 17.6 Å². The van der Waals surface area contributed by atoms with Crippen molar-refractivity contribution in [2.75, 3.05) is 11.4 Å². The lowest BCUT2D eigenvalue weighted by atomic mass is 10.00. The lowest BCUT2D eigenvalue weighted by molar-refractivity contribution is -0.119. The maximum atomic E-state index is 13.0. The summed E-state index contributed by atoms with van der Waals surface area (Å²) in [6.07, 6.45) is 2.12. The van der Waals surface area contributed by atoms with Crippen LogP contribution in [0, 0.1) is 13.8 Å². The molecule has 2 heterocycles. The Kier molecular flexibility index (Phi) is 5.91. The predicted octanol–water partition coefficient (Wildman–Crippen LogP) is 4.06. The van der Waals surface area contributed by atoms with Gasteiger partial charge in [-0.05, 0) is 52.6 Å². The van der Waals surface area contributed by atoms with Crippen LogP contribution in [0.2, 0.25) is 0 Å². The second-order valence-electron chi connectivity index (χ2n) is 8.49. The van der Waals surface area contributed by atoms with E-state index in [0.29, 0.717) is 12.5 Å². The minimum atomic E-state index is -0.174. The molecule has 7 heteroatoms. The Balaban J connectivity index is 1.47. The van der Waals surface area contributed by atoms with Crippen molar-refractivity contribution < 1.29 is 4.79 Å². The number of aryl methyl sites for hydroxylation is 2. The van der Waals surface area contributed by atoms with Gasteiger partial charge in [-0.1, -0.05) is 89.5 Å². The number of rotatable bonds is 6. The van der Waals surface area contributed by atoms with Crippen LogP contribution >= 0.6 is 0 Å². The topological polar surface area (TPSA) is 75.9 Å². The molecule has 34 heavy (non-hydrogen) atoms. The van der Waals surface area contributed by atoms with Gasteiger partial charge in [0.15, 0.2) is 0 Å². The number of hydrogen-bond donors (Lipinski definition) is 1. The molecule has 0 radical (unpaired) electrons. The van der Waals surface area contributed by atoms with E-state index in [4.69, 9.17) is 0 Å². The molecule has 1 aliphatic heterocycles. The quantitative estimate of drug-likeness (QED) is 0.480. The lowest BCUT2D eigenvalue weighted by Crippen LogP contribution is -2.40. The van der Waals surface area contributed by atoms with Crippen LogP contribution in [0.1, 0.15) is 33.9 Å². The number of hydrogen-bond acceptors (Lipinski definition) is 5. The van der Waals surface area contributed by atoms with Crippen LogP contribution in [-0.4, -0.2) is 32.7 Å². The van der Waals surface area contributed by atoms with E-state index in [-0.39, 0.29) is 18.5 Å². The molecule has 7 nitrogen and oxygen atoms in total. The average molecular weight is 451 g/mol. The number of fused-ring (bicyclic) bond motifs is 1. The third-order valence-electron chi connectivity index (χ3n) is 6.11. The van der Waals surface area contributed by atoms with E-state index in [1.807, 2.05) is 66.4 Å². The minimum absolute atomic E-state index is 0.103. The largest absolute Gasteiger partial charge is 0.350 e. The molecule has 5 rings (SSSR count). The van der Waals surface area contributed by atoms with Gasteiger partial charge in [-0.3, -0.25) is 9.69 Å². The number of carbonyl (C=O) groups is 1. The summed E-state index contributed by atoms with van der Waals surface area (Å²) in [6, 6.07) is 26.3. The Morgan fingerprint density at radius 2 is 1.68 bits per heavy atom. The van der Waals surface area contributed by atoms with Gasteiger partial charge < -0.3 is 5.32 Å². The summed E-state index contributed by atoms with van der Waals surface area (Å²) in [7, 11) is 0.